The molecule has 0 aliphatic rings. The zero-order chi connectivity index (χ0) is 15.4. The van der Waals surface area contributed by atoms with Crippen LogP contribution in [0.15, 0.2) is 47.6 Å². The van der Waals surface area contributed by atoms with Crippen LogP contribution in [0.1, 0.15) is 34.0 Å². The molecule has 2 rings (SSSR count). The van der Waals surface area contributed by atoms with Crippen molar-refractivity contribution >= 4 is 23.2 Å². The molecular weight excluding hydrogens is 284 g/mol. The van der Waals surface area contributed by atoms with E-state index in [2.05, 4.69) is 22.7 Å². The molecule has 0 heterocycles. The van der Waals surface area contributed by atoms with Gasteiger partial charge >= 0.3 is 0 Å². The average molecular weight is 301 g/mol. The number of halogens is 1. The minimum Gasteiger partial charge on any atom is -0.267 e. The second-order valence-corrected chi connectivity index (χ2v) is 5.34. The van der Waals surface area contributed by atoms with Gasteiger partial charge in [0.05, 0.1) is 16.3 Å². The van der Waals surface area contributed by atoms with Crippen LogP contribution in [0, 0.1) is 13.8 Å². The molecule has 0 aliphatic heterocycles. The van der Waals surface area contributed by atoms with Crippen LogP contribution in [0.5, 0.6) is 0 Å². The van der Waals surface area contributed by atoms with Gasteiger partial charge in [-0.05, 0) is 44.5 Å². The highest BCUT2D eigenvalue weighted by atomic mass is 35.5. The number of rotatable bonds is 3. The molecule has 2 aromatic carbocycles. The summed E-state index contributed by atoms with van der Waals surface area (Å²) in [5.41, 5.74) is 7.02. The first-order valence-corrected chi connectivity index (χ1v) is 7.03. The maximum absolute atomic E-state index is 12.1. The van der Waals surface area contributed by atoms with E-state index in [4.69, 9.17) is 11.6 Å². The first-order valence-electron chi connectivity index (χ1n) is 6.66. The summed E-state index contributed by atoms with van der Waals surface area (Å²) in [6.07, 6.45) is 0. The molecule has 0 fully saturated rings. The molecule has 0 aromatic heterocycles. The van der Waals surface area contributed by atoms with Gasteiger partial charge in [-0.2, -0.15) is 5.10 Å². The number of hydrogen-bond donors (Lipinski definition) is 1. The van der Waals surface area contributed by atoms with Crippen LogP contribution >= 0.6 is 11.6 Å². The van der Waals surface area contributed by atoms with Crippen LogP contribution in [0.4, 0.5) is 0 Å². The number of hydrazone groups is 1. The lowest BCUT2D eigenvalue weighted by molar-refractivity contribution is 0.0955. The summed E-state index contributed by atoms with van der Waals surface area (Å²) in [6, 6.07) is 13.0. The zero-order valence-electron chi connectivity index (χ0n) is 12.3. The average Bonchev–Trinajstić information content (AvgIpc) is 2.47. The summed E-state index contributed by atoms with van der Waals surface area (Å²) in [6.45, 7) is 5.91. The van der Waals surface area contributed by atoms with Gasteiger partial charge in [-0.25, -0.2) is 5.43 Å². The van der Waals surface area contributed by atoms with Gasteiger partial charge in [0.15, 0.2) is 0 Å². The van der Waals surface area contributed by atoms with E-state index < -0.39 is 0 Å². The molecule has 0 aliphatic carbocycles. The van der Waals surface area contributed by atoms with Gasteiger partial charge in [0.25, 0.3) is 5.91 Å². The molecule has 4 heteroatoms. The maximum Gasteiger partial charge on any atom is 0.272 e. The van der Waals surface area contributed by atoms with Gasteiger partial charge in [0.2, 0.25) is 0 Å². The van der Waals surface area contributed by atoms with Crippen molar-refractivity contribution in [3.8, 4) is 0 Å². The van der Waals surface area contributed by atoms with Crippen LogP contribution < -0.4 is 5.43 Å². The smallest absolute Gasteiger partial charge is 0.267 e. The van der Waals surface area contributed by atoms with E-state index in [-0.39, 0.29) is 5.91 Å². The number of carbonyl (C=O) groups excluding carboxylic acids is 1. The van der Waals surface area contributed by atoms with Crippen molar-refractivity contribution < 1.29 is 4.79 Å². The Kier molecular flexibility index (Phi) is 4.76. The fourth-order valence-electron chi connectivity index (χ4n) is 2.03. The summed E-state index contributed by atoms with van der Waals surface area (Å²) in [5.74, 6) is -0.315. The summed E-state index contributed by atoms with van der Waals surface area (Å²) in [7, 11) is 0. The molecule has 1 amide bonds. The van der Waals surface area contributed by atoms with E-state index in [0.29, 0.717) is 10.6 Å². The van der Waals surface area contributed by atoms with Crippen LogP contribution in [0.3, 0.4) is 0 Å². The fraction of sp³-hybridized carbons (Fsp3) is 0.176. The predicted molar refractivity (Wildman–Crippen MR) is 87.0 cm³/mol. The monoisotopic (exact) mass is 300 g/mol. The minimum absolute atomic E-state index is 0.315. The number of amides is 1. The first kappa shape index (κ1) is 15.3. The van der Waals surface area contributed by atoms with Gasteiger partial charge in [-0.3, -0.25) is 4.79 Å². The molecule has 3 nitrogen and oxygen atoms in total. The molecule has 0 bridgehead atoms. The lowest BCUT2D eigenvalue weighted by Crippen LogP contribution is -2.20. The number of nitrogens with one attached hydrogen (secondary N) is 1. The van der Waals surface area contributed by atoms with Crippen molar-refractivity contribution in [3.63, 3.8) is 0 Å². The largest absolute Gasteiger partial charge is 0.272 e. The molecule has 21 heavy (non-hydrogen) atoms. The topological polar surface area (TPSA) is 41.5 Å². The summed E-state index contributed by atoms with van der Waals surface area (Å²) < 4.78 is 0. The van der Waals surface area contributed by atoms with Crippen LogP contribution in [-0.4, -0.2) is 11.6 Å². The van der Waals surface area contributed by atoms with Crippen molar-refractivity contribution in [1.82, 2.24) is 5.43 Å². The summed E-state index contributed by atoms with van der Waals surface area (Å²) >= 11 is 5.99. The lowest BCUT2D eigenvalue weighted by atomic mass is 10.0. The molecule has 0 saturated heterocycles. The second-order valence-electron chi connectivity index (χ2n) is 4.94. The van der Waals surface area contributed by atoms with Crippen LogP contribution in [-0.2, 0) is 0 Å². The van der Waals surface area contributed by atoms with E-state index in [0.717, 1.165) is 22.4 Å². The third-order valence-corrected chi connectivity index (χ3v) is 3.56. The van der Waals surface area contributed by atoms with Crippen LogP contribution in [0.25, 0.3) is 0 Å². The highest BCUT2D eigenvalue weighted by Crippen LogP contribution is 2.15. The van der Waals surface area contributed by atoms with Crippen molar-refractivity contribution in [1.29, 1.82) is 0 Å². The van der Waals surface area contributed by atoms with Crippen molar-refractivity contribution in [2.24, 2.45) is 5.10 Å². The van der Waals surface area contributed by atoms with Gasteiger partial charge < -0.3 is 0 Å². The van der Waals surface area contributed by atoms with E-state index in [1.165, 1.54) is 0 Å². The van der Waals surface area contributed by atoms with E-state index in [1.54, 1.807) is 24.3 Å². The Morgan fingerprint density at radius 3 is 2.52 bits per heavy atom. The number of benzene rings is 2. The van der Waals surface area contributed by atoms with Gasteiger partial charge in [0.1, 0.15) is 0 Å². The molecule has 0 atom stereocenters. The summed E-state index contributed by atoms with van der Waals surface area (Å²) in [5, 5.41) is 4.58. The SMILES string of the molecule is C/C(=N/NC(=O)c1ccccc1Cl)c1cc(C)ccc1C. The number of aryl methyl sites for hydroxylation is 2. The Morgan fingerprint density at radius 2 is 1.81 bits per heavy atom. The third kappa shape index (κ3) is 3.70. The Hall–Kier alpha value is -2.13. The Balaban J connectivity index is 2.19. The lowest BCUT2D eigenvalue weighted by Gasteiger charge is -2.07. The third-order valence-electron chi connectivity index (χ3n) is 3.23. The first-order chi connectivity index (χ1) is 9.99. The van der Waals surface area contributed by atoms with Gasteiger partial charge in [0, 0.05) is 5.56 Å². The highest BCUT2D eigenvalue weighted by Gasteiger charge is 2.09. The Morgan fingerprint density at radius 1 is 1.10 bits per heavy atom. The number of carbonyl (C=O) groups is 1. The normalized spacial score (nSPS) is 11.3. The molecule has 1 N–H and O–H groups in total. The molecule has 0 unspecified atom stereocenters. The molecule has 0 spiro atoms. The van der Waals surface area contributed by atoms with Crippen molar-refractivity contribution in [2.45, 2.75) is 20.8 Å². The Labute approximate surface area is 129 Å². The predicted octanol–water partition coefficient (Wildman–Crippen LogP) is 4.11. The van der Waals surface area contributed by atoms with Gasteiger partial charge in [-0.15, -0.1) is 0 Å². The fourth-order valence-corrected chi connectivity index (χ4v) is 2.25. The molecule has 108 valence electrons. The number of nitrogens with zero attached hydrogens (tertiary/aromatic N) is 1. The minimum atomic E-state index is -0.315. The van der Waals surface area contributed by atoms with E-state index in [1.807, 2.05) is 26.8 Å². The molecular formula is C17H17ClN2O. The molecule has 0 saturated carbocycles. The Bertz CT molecular complexity index is 708. The quantitative estimate of drug-likeness (QED) is 0.672. The van der Waals surface area contributed by atoms with Gasteiger partial charge in [-0.1, -0.05) is 41.4 Å². The van der Waals surface area contributed by atoms with Crippen molar-refractivity contribution in [3.05, 3.63) is 69.7 Å². The maximum atomic E-state index is 12.1. The molecule has 0 radical (unpaired) electrons. The second kappa shape index (κ2) is 6.55. The van der Waals surface area contributed by atoms with E-state index >= 15 is 0 Å². The standard InChI is InChI=1S/C17H17ClN2O/c1-11-8-9-12(2)15(10-11)13(3)19-20-17(21)14-6-4-5-7-16(14)18/h4-10H,1-3H3,(H,20,21)/b19-13-. The van der Waals surface area contributed by atoms with Crippen LogP contribution in [0.2, 0.25) is 5.02 Å². The summed E-state index contributed by atoms with van der Waals surface area (Å²) in [4.78, 5) is 12.1. The zero-order valence-corrected chi connectivity index (χ0v) is 13.0. The number of hydrogen-bond acceptors (Lipinski definition) is 2. The van der Waals surface area contributed by atoms with E-state index in [9.17, 15) is 4.79 Å². The highest BCUT2D eigenvalue weighted by molar-refractivity contribution is 6.33. The van der Waals surface area contributed by atoms with Crippen molar-refractivity contribution in [2.75, 3.05) is 0 Å². The molecule has 2 aromatic rings.